The van der Waals surface area contributed by atoms with Crippen molar-refractivity contribution in [3.8, 4) is 0 Å². The largest absolute Gasteiger partial charge is 0.391 e. The predicted octanol–water partition coefficient (Wildman–Crippen LogP) is 4.46. The molecular formula is C17H18OS. The minimum atomic E-state index is -0.426. The van der Waals surface area contributed by atoms with Crippen molar-refractivity contribution in [1.82, 2.24) is 0 Å². The van der Waals surface area contributed by atoms with Gasteiger partial charge < -0.3 is 5.11 Å². The van der Waals surface area contributed by atoms with Crippen LogP contribution in [-0.2, 0) is 0 Å². The molecule has 0 saturated carbocycles. The number of aliphatic hydroxyl groups excluding tert-OH is 1. The summed E-state index contributed by atoms with van der Waals surface area (Å²) in [5.41, 5.74) is 1.14. The number of thioether (sulfide) groups is 1. The molecule has 2 rings (SSSR count). The maximum absolute atomic E-state index is 10.3. The highest BCUT2D eigenvalue weighted by Crippen LogP contribution is 2.38. The summed E-state index contributed by atoms with van der Waals surface area (Å²) in [6, 6.07) is 20.3. The first-order chi connectivity index (χ1) is 9.31. The van der Waals surface area contributed by atoms with Gasteiger partial charge in [-0.15, -0.1) is 18.3 Å². The molecule has 0 aromatic heterocycles. The number of hydrogen-bond acceptors (Lipinski definition) is 2. The van der Waals surface area contributed by atoms with E-state index in [1.54, 1.807) is 17.8 Å². The Morgan fingerprint density at radius 1 is 1.00 bits per heavy atom. The summed E-state index contributed by atoms with van der Waals surface area (Å²) in [5, 5.41) is 10.4. The van der Waals surface area contributed by atoms with Crippen molar-refractivity contribution < 1.29 is 5.11 Å². The molecular weight excluding hydrogens is 252 g/mol. The fourth-order valence-corrected chi connectivity index (χ4v) is 3.12. The van der Waals surface area contributed by atoms with Gasteiger partial charge in [-0.3, -0.25) is 0 Å². The first kappa shape index (κ1) is 13.9. The molecule has 0 amide bonds. The van der Waals surface area contributed by atoms with Crippen LogP contribution in [0, 0.1) is 0 Å². The molecule has 0 fully saturated rings. The molecule has 0 radical (unpaired) electrons. The first-order valence-electron chi connectivity index (χ1n) is 6.37. The third-order valence-electron chi connectivity index (χ3n) is 2.89. The molecule has 0 unspecified atom stereocenters. The lowest BCUT2D eigenvalue weighted by molar-refractivity contribution is 0.175. The zero-order valence-corrected chi connectivity index (χ0v) is 11.6. The normalized spacial score (nSPS) is 13.7. The highest BCUT2D eigenvalue weighted by molar-refractivity contribution is 7.99. The quantitative estimate of drug-likeness (QED) is 0.618. The van der Waals surface area contributed by atoms with Gasteiger partial charge in [0, 0.05) is 4.90 Å². The van der Waals surface area contributed by atoms with Crippen LogP contribution in [0.25, 0.3) is 0 Å². The molecule has 0 aliphatic rings. The number of aliphatic hydroxyl groups is 1. The molecule has 0 bridgehead atoms. The zero-order valence-electron chi connectivity index (χ0n) is 10.8. The minimum absolute atomic E-state index is 0.0293. The van der Waals surface area contributed by atoms with Crippen LogP contribution in [0.3, 0.4) is 0 Å². The van der Waals surface area contributed by atoms with Gasteiger partial charge in [-0.25, -0.2) is 0 Å². The van der Waals surface area contributed by atoms with Gasteiger partial charge in [0.15, 0.2) is 0 Å². The number of hydrogen-bond donors (Lipinski definition) is 1. The van der Waals surface area contributed by atoms with Gasteiger partial charge >= 0.3 is 0 Å². The van der Waals surface area contributed by atoms with Crippen LogP contribution < -0.4 is 0 Å². The molecule has 2 aromatic carbocycles. The summed E-state index contributed by atoms with van der Waals surface area (Å²) >= 11 is 1.69. The fourth-order valence-electron chi connectivity index (χ4n) is 1.95. The van der Waals surface area contributed by atoms with Crippen LogP contribution in [0.15, 0.2) is 78.2 Å². The van der Waals surface area contributed by atoms with Crippen LogP contribution in [-0.4, -0.2) is 11.2 Å². The average molecular weight is 270 g/mol. The molecule has 2 atom stereocenters. The molecule has 0 aliphatic heterocycles. The summed E-state index contributed by atoms with van der Waals surface area (Å²) in [7, 11) is 0. The van der Waals surface area contributed by atoms with Gasteiger partial charge in [-0.2, -0.15) is 0 Å². The Balaban J connectivity index is 2.22. The Labute approximate surface area is 119 Å². The topological polar surface area (TPSA) is 20.2 Å². The molecule has 98 valence electrons. The van der Waals surface area contributed by atoms with E-state index >= 15 is 0 Å². The Kier molecular flexibility index (Phi) is 5.25. The summed E-state index contributed by atoms with van der Waals surface area (Å²) in [6.45, 7) is 3.71. The molecule has 0 heterocycles. The van der Waals surface area contributed by atoms with E-state index in [9.17, 15) is 5.11 Å². The van der Waals surface area contributed by atoms with Crippen LogP contribution in [0.2, 0.25) is 0 Å². The molecule has 2 heteroatoms. The molecule has 0 aliphatic carbocycles. The molecule has 2 aromatic rings. The summed E-state index contributed by atoms with van der Waals surface area (Å²) in [4.78, 5) is 1.17. The summed E-state index contributed by atoms with van der Waals surface area (Å²) in [6.07, 6.45) is 1.94. The van der Waals surface area contributed by atoms with E-state index in [1.807, 2.05) is 36.4 Å². The van der Waals surface area contributed by atoms with Crippen LogP contribution >= 0.6 is 11.8 Å². The molecule has 1 N–H and O–H groups in total. The monoisotopic (exact) mass is 270 g/mol. The van der Waals surface area contributed by atoms with Crippen LogP contribution in [0.5, 0.6) is 0 Å². The second kappa shape index (κ2) is 7.17. The van der Waals surface area contributed by atoms with Crippen molar-refractivity contribution >= 4 is 11.8 Å². The lowest BCUT2D eigenvalue weighted by Crippen LogP contribution is -2.14. The van der Waals surface area contributed by atoms with Crippen molar-refractivity contribution in [2.24, 2.45) is 0 Å². The second-order valence-corrected chi connectivity index (χ2v) is 5.57. The van der Waals surface area contributed by atoms with E-state index in [0.29, 0.717) is 6.42 Å². The van der Waals surface area contributed by atoms with E-state index < -0.39 is 6.10 Å². The maximum Gasteiger partial charge on any atom is 0.0737 e. The third-order valence-corrected chi connectivity index (χ3v) is 4.28. The van der Waals surface area contributed by atoms with Crippen molar-refractivity contribution in [2.45, 2.75) is 22.7 Å². The highest BCUT2D eigenvalue weighted by Gasteiger charge is 2.21. The molecule has 0 saturated heterocycles. The number of benzene rings is 2. The van der Waals surface area contributed by atoms with Gasteiger partial charge in [0.1, 0.15) is 0 Å². The zero-order chi connectivity index (χ0) is 13.5. The van der Waals surface area contributed by atoms with Gasteiger partial charge in [0.05, 0.1) is 11.4 Å². The summed E-state index contributed by atoms with van der Waals surface area (Å²) in [5.74, 6) is 0. The second-order valence-electron chi connectivity index (χ2n) is 4.35. The van der Waals surface area contributed by atoms with E-state index in [2.05, 4.69) is 30.8 Å². The highest BCUT2D eigenvalue weighted by atomic mass is 32.2. The molecule has 0 spiro atoms. The Morgan fingerprint density at radius 2 is 1.58 bits per heavy atom. The van der Waals surface area contributed by atoms with Gasteiger partial charge in [0.2, 0.25) is 0 Å². The lowest BCUT2D eigenvalue weighted by atomic mass is 10.1. The predicted molar refractivity (Wildman–Crippen MR) is 82.3 cm³/mol. The molecule has 19 heavy (non-hydrogen) atoms. The van der Waals surface area contributed by atoms with Crippen molar-refractivity contribution in [2.75, 3.05) is 0 Å². The molecule has 1 nitrogen and oxygen atoms in total. The van der Waals surface area contributed by atoms with Crippen molar-refractivity contribution in [3.05, 3.63) is 78.9 Å². The smallest absolute Gasteiger partial charge is 0.0737 e. The first-order valence-corrected chi connectivity index (χ1v) is 7.25. The van der Waals surface area contributed by atoms with Gasteiger partial charge in [-0.1, -0.05) is 54.6 Å². The standard InChI is InChI=1S/C17H18OS/c1-2-9-16(18)17(14-10-5-3-6-11-14)19-15-12-7-4-8-13-15/h2-8,10-13,16-18H,1,9H2/t16-,17+/m0/s1. The Bertz CT molecular complexity index is 495. The van der Waals surface area contributed by atoms with E-state index in [1.165, 1.54) is 4.90 Å². The summed E-state index contributed by atoms with van der Waals surface area (Å²) < 4.78 is 0. The van der Waals surface area contributed by atoms with Gasteiger partial charge in [0.25, 0.3) is 0 Å². The van der Waals surface area contributed by atoms with Gasteiger partial charge in [-0.05, 0) is 24.1 Å². The fraction of sp³-hybridized carbons (Fsp3) is 0.176. The van der Waals surface area contributed by atoms with Crippen molar-refractivity contribution in [3.63, 3.8) is 0 Å². The Morgan fingerprint density at radius 3 is 2.16 bits per heavy atom. The van der Waals surface area contributed by atoms with E-state index in [-0.39, 0.29) is 5.25 Å². The minimum Gasteiger partial charge on any atom is -0.391 e. The Hall–Kier alpha value is -1.51. The van der Waals surface area contributed by atoms with Crippen LogP contribution in [0.1, 0.15) is 17.2 Å². The lowest BCUT2D eigenvalue weighted by Gasteiger charge is -2.22. The van der Waals surface area contributed by atoms with E-state index in [0.717, 1.165) is 5.56 Å². The third kappa shape index (κ3) is 3.98. The van der Waals surface area contributed by atoms with Crippen LogP contribution in [0.4, 0.5) is 0 Å². The van der Waals surface area contributed by atoms with Crippen molar-refractivity contribution in [1.29, 1.82) is 0 Å². The SMILES string of the molecule is C=CC[C@H](O)[C@H](Sc1ccccc1)c1ccccc1. The maximum atomic E-state index is 10.3. The average Bonchev–Trinajstić information content (AvgIpc) is 2.47. The number of rotatable bonds is 6. The van der Waals surface area contributed by atoms with E-state index in [4.69, 9.17) is 0 Å².